The van der Waals surface area contributed by atoms with E-state index in [-0.39, 0.29) is 0 Å². The van der Waals surface area contributed by atoms with Crippen LogP contribution in [0.1, 0.15) is 5.56 Å². The highest BCUT2D eigenvalue weighted by molar-refractivity contribution is 6.09. The maximum absolute atomic E-state index is 9.59. The lowest BCUT2D eigenvalue weighted by Gasteiger charge is -2.13. The van der Waals surface area contributed by atoms with Crippen LogP contribution in [0.2, 0.25) is 0 Å². The normalized spacial score (nSPS) is 11.2. The van der Waals surface area contributed by atoms with Crippen molar-refractivity contribution in [1.29, 1.82) is 5.26 Å². The Balaban J connectivity index is 1.61. The zero-order valence-electron chi connectivity index (χ0n) is 16.7. The summed E-state index contributed by atoms with van der Waals surface area (Å²) < 4.78 is 6.00. The summed E-state index contributed by atoms with van der Waals surface area (Å²) in [7, 11) is 0. The van der Waals surface area contributed by atoms with Gasteiger partial charge in [0, 0.05) is 16.3 Å². The first-order valence-electron chi connectivity index (χ1n) is 10.3. The van der Waals surface area contributed by atoms with Crippen LogP contribution < -0.4 is 0 Å². The molecule has 2 heteroatoms. The first-order valence-corrected chi connectivity index (χ1v) is 10.3. The van der Waals surface area contributed by atoms with Gasteiger partial charge in [0.25, 0.3) is 0 Å². The van der Waals surface area contributed by atoms with Gasteiger partial charge < -0.3 is 4.42 Å². The summed E-state index contributed by atoms with van der Waals surface area (Å²) in [6, 6.07) is 37.3. The van der Waals surface area contributed by atoms with Crippen LogP contribution in [-0.4, -0.2) is 0 Å². The van der Waals surface area contributed by atoms with Gasteiger partial charge in [-0.05, 0) is 51.7 Å². The Morgan fingerprint density at radius 2 is 1.16 bits per heavy atom. The molecule has 0 aliphatic heterocycles. The van der Waals surface area contributed by atoms with Gasteiger partial charge in [-0.15, -0.1) is 0 Å². The number of fused-ring (bicyclic) bond motifs is 4. The Morgan fingerprint density at radius 3 is 2.00 bits per heavy atom. The average Bonchev–Trinajstić information content (AvgIpc) is 3.21. The van der Waals surface area contributed by atoms with Crippen LogP contribution in [0.4, 0.5) is 0 Å². The van der Waals surface area contributed by atoms with Crippen molar-refractivity contribution in [3.63, 3.8) is 0 Å². The van der Waals surface area contributed by atoms with E-state index in [0.717, 1.165) is 44.0 Å². The molecule has 0 radical (unpaired) electrons. The van der Waals surface area contributed by atoms with E-state index in [9.17, 15) is 5.26 Å². The molecule has 0 aliphatic rings. The van der Waals surface area contributed by atoms with E-state index in [1.165, 1.54) is 10.9 Å². The number of rotatable bonds is 2. The highest BCUT2D eigenvalue weighted by atomic mass is 16.3. The lowest BCUT2D eigenvalue weighted by Crippen LogP contribution is -1.88. The Hall–Kier alpha value is -4.35. The summed E-state index contributed by atoms with van der Waals surface area (Å²) in [6.45, 7) is 0. The summed E-state index contributed by atoms with van der Waals surface area (Å²) in [5.74, 6) is 0. The van der Waals surface area contributed by atoms with Crippen molar-refractivity contribution in [2.45, 2.75) is 0 Å². The molecule has 0 aliphatic carbocycles. The van der Waals surface area contributed by atoms with Gasteiger partial charge in [-0.2, -0.15) is 5.26 Å². The molecule has 144 valence electrons. The molecule has 1 aromatic heterocycles. The fourth-order valence-corrected chi connectivity index (χ4v) is 4.49. The summed E-state index contributed by atoms with van der Waals surface area (Å²) in [5, 5.41) is 14.1. The molecule has 0 atom stereocenters. The number of para-hydroxylation sites is 1. The molecule has 0 saturated carbocycles. The summed E-state index contributed by atoms with van der Waals surface area (Å²) in [6.07, 6.45) is 0. The van der Waals surface area contributed by atoms with Crippen LogP contribution in [0.3, 0.4) is 0 Å². The monoisotopic (exact) mass is 395 g/mol. The molecule has 1 heterocycles. The molecule has 0 bridgehead atoms. The minimum absolute atomic E-state index is 0.687. The van der Waals surface area contributed by atoms with Crippen LogP contribution in [-0.2, 0) is 0 Å². The Morgan fingerprint density at radius 1 is 0.516 bits per heavy atom. The van der Waals surface area contributed by atoms with Crippen molar-refractivity contribution in [2.24, 2.45) is 0 Å². The molecule has 0 N–H and O–H groups in total. The number of hydrogen-bond donors (Lipinski definition) is 0. The van der Waals surface area contributed by atoms with Crippen LogP contribution in [0.15, 0.2) is 108 Å². The molecular formula is C29H17NO. The Labute approximate surface area is 179 Å². The van der Waals surface area contributed by atoms with Crippen LogP contribution >= 0.6 is 0 Å². The molecule has 0 saturated heterocycles. The molecule has 6 rings (SSSR count). The fourth-order valence-electron chi connectivity index (χ4n) is 4.49. The van der Waals surface area contributed by atoms with Gasteiger partial charge in [0.2, 0.25) is 0 Å². The number of nitriles is 1. The SMILES string of the molecule is N#Cc1ccccc1-c1ccc(-c2ccc3oc4ccccc4c3c2)c2ccccc12. The molecule has 5 aromatic carbocycles. The van der Waals surface area contributed by atoms with Crippen molar-refractivity contribution in [2.75, 3.05) is 0 Å². The molecule has 6 aromatic rings. The molecule has 0 spiro atoms. The van der Waals surface area contributed by atoms with Gasteiger partial charge in [0.1, 0.15) is 11.2 Å². The quantitative estimate of drug-likeness (QED) is 0.298. The van der Waals surface area contributed by atoms with E-state index in [1.54, 1.807) is 0 Å². The average molecular weight is 395 g/mol. The van der Waals surface area contributed by atoms with E-state index in [1.807, 2.05) is 42.5 Å². The van der Waals surface area contributed by atoms with Crippen LogP contribution in [0.5, 0.6) is 0 Å². The maximum Gasteiger partial charge on any atom is 0.135 e. The number of benzene rings is 5. The molecular weight excluding hydrogens is 378 g/mol. The van der Waals surface area contributed by atoms with Crippen molar-refractivity contribution >= 4 is 32.7 Å². The summed E-state index contributed by atoms with van der Waals surface area (Å²) >= 11 is 0. The first kappa shape index (κ1) is 17.5. The van der Waals surface area contributed by atoms with Gasteiger partial charge in [-0.3, -0.25) is 0 Å². The second kappa shape index (κ2) is 6.86. The Bertz CT molecular complexity index is 1650. The zero-order chi connectivity index (χ0) is 20.8. The van der Waals surface area contributed by atoms with Crippen molar-refractivity contribution in [1.82, 2.24) is 0 Å². The minimum Gasteiger partial charge on any atom is -0.456 e. The van der Waals surface area contributed by atoms with Gasteiger partial charge in [0.15, 0.2) is 0 Å². The predicted molar refractivity (Wildman–Crippen MR) is 127 cm³/mol. The molecule has 0 fully saturated rings. The van der Waals surface area contributed by atoms with Crippen molar-refractivity contribution < 1.29 is 4.42 Å². The largest absolute Gasteiger partial charge is 0.456 e. The number of hydrogen-bond acceptors (Lipinski definition) is 2. The van der Waals surface area contributed by atoms with E-state index in [0.29, 0.717) is 5.56 Å². The minimum atomic E-state index is 0.687. The van der Waals surface area contributed by atoms with Crippen molar-refractivity contribution in [3.05, 3.63) is 109 Å². The second-order valence-corrected chi connectivity index (χ2v) is 7.67. The smallest absolute Gasteiger partial charge is 0.135 e. The van der Waals surface area contributed by atoms with Gasteiger partial charge in [-0.25, -0.2) is 0 Å². The van der Waals surface area contributed by atoms with Crippen LogP contribution in [0.25, 0.3) is 55.0 Å². The topological polar surface area (TPSA) is 36.9 Å². The summed E-state index contributed by atoms with van der Waals surface area (Å²) in [5.41, 5.74) is 6.84. The summed E-state index contributed by atoms with van der Waals surface area (Å²) in [4.78, 5) is 0. The third kappa shape index (κ3) is 2.72. The third-order valence-electron chi connectivity index (χ3n) is 5.95. The highest BCUT2D eigenvalue weighted by Crippen LogP contribution is 2.38. The first-order chi connectivity index (χ1) is 15.3. The van der Waals surface area contributed by atoms with E-state index >= 15 is 0 Å². The van der Waals surface area contributed by atoms with Gasteiger partial charge >= 0.3 is 0 Å². The van der Waals surface area contributed by atoms with Crippen molar-refractivity contribution in [3.8, 4) is 28.3 Å². The number of furan rings is 1. The lowest BCUT2D eigenvalue weighted by atomic mass is 9.90. The fraction of sp³-hybridized carbons (Fsp3) is 0. The Kier molecular flexibility index (Phi) is 3.88. The predicted octanol–water partition coefficient (Wildman–Crippen LogP) is 7.94. The van der Waals surface area contributed by atoms with Gasteiger partial charge in [0.05, 0.1) is 11.6 Å². The molecule has 0 unspecified atom stereocenters. The zero-order valence-corrected chi connectivity index (χ0v) is 16.7. The third-order valence-corrected chi connectivity index (χ3v) is 5.95. The van der Waals surface area contributed by atoms with E-state index < -0.39 is 0 Å². The van der Waals surface area contributed by atoms with E-state index in [4.69, 9.17) is 4.42 Å². The second-order valence-electron chi connectivity index (χ2n) is 7.67. The highest BCUT2D eigenvalue weighted by Gasteiger charge is 2.13. The molecule has 0 amide bonds. The van der Waals surface area contributed by atoms with E-state index in [2.05, 4.69) is 66.7 Å². The standard InChI is InChI=1S/C29H17NO/c30-18-20-7-1-2-8-21(20)25-15-14-22(23-9-3-4-10-24(23)25)19-13-16-29-27(17-19)26-11-5-6-12-28(26)31-29/h1-17H. The number of nitrogens with zero attached hydrogens (tertiary/aromatic N) is 1. The molecule has 31 heavy (non-hydrogen) atoms. The van der Waals surface area contributed by atoms with Gasteiger partial charge in [-0.1, -0.05) is 78.9 Å². The molecule has 2 nitrogen and oxygen atoms in total. The van der Waals surface area contributed by atoms with Crippen LogP contribution in [0, 0.1) is 11.3 Å². The maximum atomic E-state index is 9.59. The lowest BCUT2D eigenvalue weighted by molar-refractivity contribution is 0.669.